The minimum Gasteiger partial charge on any atom is -0.438 e. The molecule has 0 spiro atoms. The van der Waals surface area contributed by atoms with E-state index in [4.69, 9.17) is 4.42 Å². The third kappa shape index (κ3) is 6.26. The van der Waals surface area contributed by atoms with Crippen LogP contribution in [0.15, 0.2) is 235 Å². The van der Waals surface area contributed by atoms with Crippen molar-refractivity contribution in [2.45, 2.75) is 0 Å². The van der Waals surface area contributed by atoms with Crippen LogP contribution in [0.2, 0.25) is 0 Å². The second-order valence-corrected chi connectivity index (χ2v) is 15.0. The maximum absolute atomic E-state index is 6.70. The van der Waals surface area contributed by atoms with E-state index in [-0.39, 0.29) is 0 Å². The van der Waals surface area contributed by atoms with Crippen molar-refractivity contribution < 1.29 is 4.42 Å². The Labute approximate surface area is 343 Å². The fraction of sp³-hybridized carbons (Fsp3) is 0. The second-order valence-electron chi connectivity index (χ2n) is 15.0. The number of fused-ring (bicyclic) bond motifs is 5. The number of para-hydroxylation sites is 1. The van der Waals surface area contributed by atoms with Gasteiger partial charge in [0.05, 0.1) is 16.6 Å². The Morgan fingerprint density at radius 3 is 1.34 bits per heavy atom. The molecule has 0 unspecified atom stereocenters. The number of rotatable bonds is 8. The third-order valence-corrected chi connectivity index (χ3v) is 11.4. The van der Waals surface area contributed by atoms with Crippen LogP contribution in [0.1, 0.15) is 0 Å². The van der Waals surface area contributed by atoms with Gasteiger partial charge >= 0.3 is 0 Å². The van der Waals surface area contributed by atoms with E-state index in [1.54, 1.807) is 0 Å². The van der Waals surface area contributed by atoms with Crippen molar-refractivity contribution >= 4 is 44.8 Å². The SMILES string of the molecule is c1ccc(-c2ccc(N(c3ccc(-c4ccccc4)cc3)c3cccc(-c4ccc(-c5ccc6c(c5)oc5c(-c7ccccc7)c7ccccc7n56)cc4)c3)cc2)cc1. The summed E-state index contributed by atoms with van der Waals surface area (Å²) in [5, 5.41) is 1.19. The molecule has 0 N–H and O–H groups in total. The number of nitrogens with zero attached hydrogens (tertiary/aromatic N) is 2. The van der Waals surface area contributed by atoms with Crippen molar-refractivity contribution in [2.75, 3.05) is 4.90 Å². The molecule has 2 aromatic heterocycles. The van der Waals surface area contributed by atoms with Crippen LogP contribution in [0.25, 0.3) is 83.4 Å². The van der Waals surface area contributed by atoms with Gasteiger partial charge < -0.3 is 9.32 Å². The van der Waals surface area contributed by atoms with Crippen LogP contribution in [0.5, 0.6) is 0 Å². The molecule has 59 heavy (non-hydrogen) atoms. The van der Waals surface area contributed by atoms with Crippen molar-refractivity contribution in [3.63, 3.8) is 0 Å². The van der Waals surface area contributed by atoms with Gasteiger partial charge in [-0.05, 0) is 105 Å². The average molecular weight is 755 g/mol. The molecule has 9 aromatic carbocycles. The van der Waals surface area contributed by atoms with E-state index in [0.29, 0.717) is 0 Å². The summed E-state index contributed by atoms with van der Waals surface area (Å²) < 4.78 is 8.96. The summed E-state index contributed by atoms with van der Waals surface area (Å²) in [5.41, 5.74) is 18.8. The second kappa shape index (κ2) is 14.6. The van der Waals surface area contributed by atoms with Crippen molar-refractivity contribution in [3.8, 4) is 55.6 Å². The molecule has 0 amide bonds. The quantitative estimate of drug-likeness (QED) is 0.154. The monoisotopic (exact) mass is 754 g/mol. The molecule has 0 aliphatic carbocycles. The minimum absolute atomic E-state index is 0.867. The van der Waals surface area contributed by atoms with Crippen LogP contribution in [-0.4, -0.2) is 4.40 Å². The number of hydrogen-bond donors (Lipinski definition) is 0. The Balaban J connectivity index is 0.934. The Hall–Kier alpha value is -7.88. The first-order valence-electron chi connectivity index (χ1n) is 20.1. The van der Waals surface area contributed by atoms with E-state index in [2.05, 4.69) is 240 Å². The highest BCUT2D eigenvalue weighted by molar-refractivity contribution is 6.07. The Morgan fingerprint density at radius 1 is 0.305 bits per heavy atom. The number of oxazole rings is 1. The van der Waals surface area contributed by atoms with Crippen LogP contribution in [0.3, 0.4) is 0 Å². The zero-order valence-electron chi connectivity index (χ0n) is 32.2. The van der Waals surface area contributed by atoms with E-state index in [9.17, 15) is 0 Å². The highest BCUT2D eigenvalue weighted by Crippen LogP contribution is 2.41. The van der Waals surface area contributed by atoms with Crippen molar-refractivity contribution in [3.05, 3.63) is 231 Å². The number of hydrogen-bond acceptors (Lipinski definition) is 2. The summed E-state index contributed by atoms with van der Waals surface area (Å²) in [5.74, 6) is 0. The summed E-state index contributed by atoms with van der Waals surface area (Å²) in [4.78, 5) is 2.34. The highest BCUT2D eigenvalue weighted by Gasteiger charge is 2.20. The standard InChI is InChI=1S/C56H38N2O/c1-4-13-39(14-5-1)41-27-32-48(33-28-41)57(49-34-29-42(30-35-49)40-15-6-2-7-16-40)50-20-12-19-46(37-50)43-23-25-44(26-24-43)47-31-36-53-54(38-47)59-56-55(45-17-8-3-9-18-45)51-21-10-11-22-52(51)58(53)56/h1-38H. The maximum Gasteiger partial charge on any atom is 0.213 e. The molecule has 2 heterocycles. The lowest BCUT2D eigenvalue weighted by Gasteiger charge is -2.26. The lowest BCUT2D eigenvalue weighted by atomic mass is 9.99. The first-order chi connectivity index (χ1) is 29.2. The van der Waals surface area contributed by atoms with Gasteiger partial charge in [0.25, 0.3) is 0 Å². The molecule has 0 bridgehead atoms. The Morgan fingerprint density at radius 2 is 0.746 bits per heavy atom. The highest BCUT2D eigenvalue weighted by atomic mass is 16.3. The molecule has 3 nitrogen and oxygen atoms in total. The molecular weight excluding hydrogens is 717 g/mol. The molecule has 0 fully saturated rings. The fourth-order valence-electron chi connectivity index (χ4n) is 8.49. The number of anilines is 3. The first-order valence-corrected chi connectivity index (χ1v) is 20.1. The number of benzene rings is 9. The van der Waals surface area contributed by atoms with E-state index in [1.807, 2.05) is 0 Å². The summed E-state index contributed by atoms with van der Waals surface area (Å²) in [6.45, 7) is 0. The van der Waals surface area contributed by atoms with Gasteiger partial charge in [-0.2, -0.15) is 0 Å². The van der Waals surface area contributed by atoms with Gasteiger partial charge in [0.15, 0.2) is 5.58 Å². The largest absolute Gasteiger partial charge is 0.438 e. The predicted octanol–water partition coefficient (Wildman–Crippen LogP) is 15.6. The predicted molar refractivity (Wildman–Crippen MR) is 247 cm³/mol. The van der Waals surface area contributed by atoms with Gasteiger partial charge in [0.2, 0.25) is 5.71 Å². The summed E-state index contributed by atoms with van der Waals surface area (Å²) in [6.07, 6.45) is 0. The Bertz CT molecular complexity index is 3140. The van der Waals surface area contributed by atoms with Crippen molar-refractivity contribution in [1.29, 1.82) is 0 Å². The molecule has 0 saturated carbocycles. The summed E-state index contributed by atoms with van der Waals surface area (Å²) in [6, 6.07) is 82.2. The van der Waals surface area contributed by atoms with Gasteiger partial charge in [-0.25, -0.2) is 0 Å². The molecule has 0 aliphatic rings. The fourth-order valence-corrected chi connectivity index (χ4v) is 8.49. The molecule has 278 valence electrons. The zero-order chi connectivity index (χ0) is 39.1. The molecule has 3 heteroatoms. The number of aromatic nitrogens is 1. The molecule has 0 atom stereocenters. The molecule has 11 aromatic rings. The summed E-state index contributed by atoms with van der Waals surface area (Å²) in [7, 11) is 0. The molecule has 0 radical (unpaired) electrons. The van der Waals surface area contributed by atoms with Gasteiger partial charge in [0.1, 0.15) is 0 Å². The van der Waals surface area contributed by atoms with E-state index in [1.165, 1.54) is 27.6 Å². The third-order valence-electron chi connectivity index (χ3n) is 11.4. The van der Waals surface area contributed by atoms with Crippen LogP contribution in [0.4, 0.5) is 17.1 Å². The molecule has 0 aliphatic heterocycles. The van der Waals surface area contributed by atoms with Crippen molar-refractivity contribution in [2.24, 2.45) is 0 Å². The van der Waals surface area contributed by atoms with E-state index < -0.39 is 0 Å². The zero-order valence-corrected chi connectivity index (χ0v) is 32.2. The lowest BCUT2D eigenvalue weighted by Crippen LogP contribution is -2.10. The average Bonchev–Trinajstić information content (AvgIpc) is 3.85. The normalized spacial score (nSPS) is 11.4. The van der Waals surface area contributed by atoms with Gasteiger partial charge in [-0.1, -0.05) is 176 Å². The van der Waals surface area contributed by atoms with Gasteiger partial charge in [-0.3, -0.25) is 4.40 Å². The lowest BCUT2D eigenvalue weighted by molar-refractivity contribution is 0.658. The van der Waals surface area contributed by atoms with Crippen LogP contribution in [-0.2, 0) is 0 Å². The molecule has 11 rings (SSSR count). The Kier molecular flexibility index (Phi) is 8.49. The smallest absolute Gasteiger partial charge is 0.213 e. The van der Waals surface area contributed by atoms with Crippen LogP contribution >= 0.6 is 0 Å². The molecular formula is C56H38N2O. The van der Waals surface area contributed by atoms with Gasteiger partial charge in [0, 0.05) is 22.4 Å². The van der Waals surface area contributed by atoms with Crippen LogP contribution in [0, 0.1) is 0 Å². The van der Waals surface area contributed by atoms with E-state index >= 15 is 0 Å². The van der Waals surface area contributed by atoms with Crippen LogP contribution < -0.4 is 4.90 Å². The maximum atomic E-state index is 6.70. The molecule has 0 saturated heterocycles. The van der Waals surface area contributed by atoms with Crippen molar-refractivity contribution in [1.82, 2.24) is 4.40 Å². The minimum atomic E-state index is 0.867. The topological polar surface area (TPSA) is 20.8 Å². The van der Waals surface area contributed by atoms with Gasteiger partial charge in [-0.15, -0.1) is 0 Å². The van der Waals surface area contributed by atoms with E-state index in [0.717, 1.165) is 72.8 Å². The summed E-state index contributed by atoms with van der Waals surface area (Å²) >= 11 is 0. The first kappa shape index (κ1) is 34.4.